The predicted molar refractivity (Wildman–Crippen MR) is 100 cm³/mol. The molecule has 1 unspecified atom stereocenters. The Labute approximate surface area is 156 Å². The van der Waals surface area contributed by atoms with E-state index in [0.717, 1.165) is 38.3 Å². The predicted octanol–water partition coefficient (Wildman–Crippen LogP) is 2.01. The van der Waals surface area contributed by atoms with Gasteiger partial charge >= 0.3 is 0 Å². The van der Waals surface area contributed by atoms with Gasteiger partial charge in [-0.1, -0.05) is 24.3 Å². The Balaban J connectivity index is 1.35. The van der Waals surface area contributed by atoms with Gasteiger partial charge in [0.2, 0.25) is 0 Å². The van der Waals surface area contributed by atoms with Gasteiger partial charge in [-0.2, -0.15) is 0 Å². The zero-order valence-corrected chi connectivity index (χ0v) is 15.7. The number of piperazine rings is 1. The summed E-state index contributed by atoms with van der Waals surface area (Å²) < 4.78 is 25.2. The number of fused-ring (bicyclic) bond motifs is 1. The van der Waals surface area contributed by atoms with E-state index < -0.39 is 11.0 Å². The van der Waals surface area contributed by atoms with Crippen LogP contribution in [0.5, 0.6) is 11.6 Å². The number of ether oxygens (including phenoxy) is 2. The van der Waals surface area contributed by atoms with Crippen LogP contribution in [0.4, 0.5) is 0 Å². The molecule has 0 saturated carbocycles. The van der Waals surface area contributed by atoms with Crippen molar-refractivity contribution in [2.75, 3.05) is 39.0 Å². The van der Waals surface area contributed by atoms with Crippen molar-refractivity contribution < 1.29 is 13.7 Å². The van der Waals surface area contributed by atoms with Gasteiger partial charge in [0.25, 0.3) is 5.88 Å². The zero-order valence-electron chi connectivity index (χ0n) is 14.8. The van der Waals surface area contributed by atoms with Gasteiger partial charge in [-0.15, -0.1) is 0 Å². The van der Waals surface area contributed by atoms with Gasteiger partial charge in [0.15, 0.2) is 11.9 Å². The van der Waals surface area contributed by atoms with E-state index in [4.69, 9.17) is 9.47 Å². The first-order chi connectivity index (χ1) is 12.7. The number of rotatable bonds is 4. The summed E-state index contributed by atoms with van der Waals surface area (Å²) in [6.07, 6.45) is 3.33. The minimum Gasteiger partial charge on any atom is -0.484 e. The van der Waals surface area contributed by atoms with Gasteiger partial charge in [0.05, 0.1) is 11.0 Å². The third kappa shape index (κ3) is 3.90. The molecule has 2 atom stereocenters. The fraction of sp³-hybridized carbons (Fsp3) is 0.421. The first-order valence-corrected chi connectivity index (χ1v) is 10.3. The number of hydrogen-bond donors (Lipinski definition) is 0. The molecular weight excluding hydrogens is 350 g/mol. The number of aromatic nitrogens is 1. The van der Waals surface area contributed by atoms with E-state index in [2.05, 4.69) is 34.1 Å². The van der Waals surface area contributed by atoms with Gasteiger partial charge in [-0.05, 0) is 23.3 Å². The summed E-state index contributed by atoms with van der Waals surface area (Å²) in [5, 5.41) is 0. The summed E-state index contributed by atoms with van der Waals surface area (Å²) in [4.78, 5) is 6.63. The lowest BCUT2D eigenvalue weighted by molar-refractivity contribution is 0.0850. The molecule has 7 heteroatoms. The van der Waals surface area contributed by atoms with E-state index in [1.807, 2.05) is 16.4 Å². The topological polar surface area (TPSA) is 54.9 Å². The molecule has 2 aromatic rings. The minimum atomic E-state index is -0.859. The lowest BCUT2D eigenvalue weighted by atomic mass is 10.1. The monoisotopic (exact) mass is 373 g/mol. The molecular formula is C19H23N3O3S. The maximum absolute atomic E-state index is 11.5. The molecule has 138 valence electrons. The summed E-state index contributed by atoms with van der Waals surface area (Å²) in [5.41, 5.74) is 2.37. The average molecular weight is 373 g/mol. The van der Waals surface area contributed by atoms with Crippen LogP contribution in [-0.2, 0) is 17.5 Å². The summed E-state index contributed by atoms with van der Waals surface area (Å²) in [7, 11) is -0.859. The molecule has 0 spiro atoms. The molecule has 0 radical (unpaired) electrons. The standard InChI is InChI=1S/C19H23N3O3S/c1-26(23)22-11-9-21(10-12-22)13-15-4-6-16(7-5-15)18-14-24-17-3-2-8-20-19(17)25-18/h2-8,18H,9-14H2,1H3/t18-,26?/m1/s1. The number of nitrogens with zero attached hydrogens (tertiary/aromatic N) is 3. The van der Waals surface area contributed by atoms with E-state index in [1.54, 1.807) is 12.5 Å². The zero-order chi connectivity index (χ0) is 17.9. The van der Waals surface area contributed by atoms with Crippen LogP contribution < -0.4 is 9.47 Å². The van der Waals surface area contributed by atoms with E-state index in [9.17, 15) is 4.21 Å². The Bertz CT molecular complexity index is 776. The lowest BCUT2D eigenvalue weighted by Crippen LogP contribution is -2.46. The van der Waals surface area contributed by atoms with Crippen LogP contribution in [0.15, 0.2) is 42.6 Å². The molecule has 26 heavy (non-hydrogen) atoms. The normalized spacial score (nSPS) is 22.1. The molecule has 1 fully saturated rings. The molecule has 0 aliphatic carbocycles. The minimum absolute atomic E-state index is 0.130. The number of hydrogen-bond acceptors (Lipinski definition) is 5. The van der Waals surface area contributed by atoms with Crippen LogP contribution in [0, 0.1) is 0 Å². The van der Waals surface area contributed by atoms with Gasteiger partial charge in [-0.25, -0.2) is 13.5 Å². The van der Waals surface area contributed by atoms with Crippen molar-refractivity contribution in [3.63, 3.8) is 0 Å². The van der Waals surface area contributed by atoms with Crippen LogP contribution in [0.3, 0.4) is 0 Å². The summed E-state index contributed by atoms with van der Waals surface area (Å²) in [6.45, 7) is 5.03. The highest BCUT2D eigenvalue weighted by molar-refractivity contribution is 7.81. The van der Waals surface area contributed by atoms with Gasteiger partial charge < -0.3 is 9.47 Å². The summed E-state index contributed by atoms with van der Waals surface area (Å²) >= 11 is 0. The van der Waals surface area contributed by atoms with Crippen LogP contribution in [0.25, 0.3) is 0 Å². The molecule has 0 N–H and O–H groups in total. The van der Waals surface area contributed by atoms with E-state index in [-0.39, 0.29) is 6.10 Å². The largest absolute Gasteiger partial charge is 0.484 e. The Morgan fingerprint density at radius 1 is 1.15 bits per heavy atom. The molecule has 3 heterocycles. The van der Waals surface area contributed by atoms with Crippen molar-refractivity contribution in [1.29, 1.82) is 0 Å². The third-order valence-electron chi connectivity index (χ3n) is 4.83. The number of pyridine rings is 1. The Kier molecular flexibility index (Phi) is 5.19. The SMILES string of the molecule is CS(=O)N1CCN(Cc2ccc([C@H]3COc4cccnc4O3)cc2)CC1. The van der Waals surface area contributed by atoms with Gasteiger partial charge in [-0.3, -0.25) is 4.90 Å². The molecule has 2 aliphatic heterocycles. The summed E-state index contributed by atoms with van der Waals surface area (Å²) in [6, 6.07) is 12.2. The number of benzene rings is 1. The summed E-state index contributed by atoms with van der Waals surface area (Å²) in [5.74, 6) is 1.26. The Morgan fingerprint density at radius 2 is 1.92 bits per heavy atom. The van der Waals surface area contributed by atoms with Crippen molar-refractivity contribution in [3.8, 4) is 11.6 Å². The maximum atomic E-state index is 11.5. The molecule has 1 aromatic heterocycles. The second-order valence-electron chi connectivity index (χ2n) is 6.59. The fourth-order valence-corrected chi connectivity index (χ4v) is 3.99. The van der Waals surface area contributed by atoms with Crippen molar-refractivity contribution >= 4 is 11.0 Å². The van der Waals surface area contributed by atoms with Crippen LogP contribution in [0.1, 0.15) is 17.2 Å². The smallest absolute Gasteiger partial charge is 0.257 e. The van der Waals surface area contributed by atoms with E-state index >= 15 is 0 Å². The molecule has 6 nitrogen and oxygen atoms in total. The molecule has 1 aromatic carbocycles. The van der Waals surface area contributed by atoms with E-state index in [0.29, 0.717) is 18.2 Å². The van der Waals surface area contributed by atoms with Crippen molar-refractivity contribution in [2.45, 2.75) is 12.6 Å². The second kappa shape index (κ2) is 7.73. The maximum Gasteiger partial charge on any atom is 0.257 e. The van der Waals surface area contributed by atoms with Crippen LogP contribution in [0.2, 0.25) is 0 Å². The average Bonchev–Trinajstić information content (AvgIpc) is 2.68. The molecule has 0 amide bonds. The third-order valence-corrected chi connectivity index (χ3v) is 5.93. The molecule has 4 rings (SSSR count). The molecule has 0 bridgehead atoms. The van der Waals surface area contributed by atoms with Gasteiger partial charge in [0.1, 0.15) is 6.61 Å². The highest BCUT2D eigenvalue weighted by Crippen LogP contribution is 2.33. The van der Waals surface area contributed by atoms with Gasteiger partial charge in [0, 0.05) is 45.2 Å². The van der Waals surface area contributed by atoms with Crippen molar-refractivity contribution in [2.24, 2.45) is 0 Å². The van der Waals surface area contributed by atoms with Crippen molar-refractivity contribution in [1.82, 2.24) is 14.2 Å². The first kappa shape index (κ1) is 17.5. The highest BCUT2D eigenvalue weighted by atomic mass is 32.2. The highest BCUT2D eigenvalue weighted by Gasteiger charge is 2.23. The second-order valence-corrected chi connectivity index (χ2v) is 7.96. The quantitative estimate of drug-likeness (QED) is 0.821. The van der Waals surface area contributed by atoms with E-state index in [1.165, 1.54) is 5.56 Å². The molecule has 1 saturated heterocycles. The molecule has 2 aliphatic rings. The Morgan fingerprint density at radius 3 is 2.65 bits per heavy atom. The van der Waals surface area contributed by atoms with Crippen LogP contribution >= 0.6 is 0 Å². The van der Waals surface area contributed by atoms with Crippen LogP contribution in [-0.4, -0.2) is 57.4 Å². The fourth-order valence-electron chi connectivity index (χ4n) is 3.31. The first-order valence-electron chi connectivity index (χ1n) is 8.83. The lowest BCUT2D eigenvalue weighted by Gasteiger charge is -2.33. The Hall–Kier alpha value is -1.96. The van der Waals surface area contributed by atoms with Crippen molar-refractivity contribution in [3.05, 3.63) is 53.7 Å².